The first-order chi connectivity index (χ1) is 9.53. The van der Waals surface area contributed by atoms with Crippen molar-refractivity contribution < 1.29 is 18.7 Å². The van der Waals surface area contributed by atoms with Gasteiger partial charge >= 0.3 is 0 Å². The minimum atomic E-state index is -3.24. The first-order valence-corrected chi connectivity index (χ1v) is 6.88. The van der Waals surface area contributed by atoms with E-state index in [9.17, 15) is 13.6 Å². The van der Waals surface area contributed by atoms with E-state index in [4.69, 9.17) is 5.11 Å². The molecular weight excluding hydrogens is 264 g/mol. The molecule has 0 radical (unpaired) electrons. The molecule has 3 rings (SSSR count). The SMILES string of the molecule is O=C(NCC(F)(F)CO)C1C2CCc3ccccc3C21. The van der Waals surface area contributed by atoms with Gasteiger partial charge in [-0.1, -0.05) is 24.3 Å². The van der Waals surface area contributed by atoms with Gasteiger partial charge in [0.1, 0.15) is 6.61 Å². The molecule has 0 aromatic heterocycles. The van der Waals surface area contributed by atoms with E-state index < -0.39 is 19.1 Å². The third-order valence-corrected chi connectivity index (χ3v) is 4.39. The summed E-state index contributed by atoms with van der Waals surface area (Å²) in [5.74, 6) is -3.28. The largest absolute Gasteiger partial charge is 0.390 e. The molecule has 0 heterocycles. The minimum Gasteiger partial charge on any atom is -0.390 e. The van der Waals surface area contributed by atoms with E-state index in [0.717, 1.165) is 12.8 Å². The van der Waals surface area contributed by atoms with Crippen molar-refractivity contribution in [2.75, 3.05) is 13.2 Å². The number of halogens is 2. The van der Waals surface area contributed by atoms with Crippen molar-refractivity contribution in [1.29, 1.82) is 0 Å². The Morgan fingerprint density at radius 1 is 1.40 bits per heavy atom. The van der Waals surface area contributed by atoms with E-state index in [1.807, 2.05) is 18.2 Å². The molecule has 0 bridgehead atoms. The van der Waals surface area contributed by atoms with Crippen molar-refractivity contribution in [2.45, 2.75) is 24.7 Å². The Morgan fingerprint density at radius 2 is 2.15 bits per heavy atom. The zero-order valence-electron chi connectivity index (χ0n) is 11.0. The number of fused-ring (bicyclic) bond motifs is 3. The molecule has 1 amide bonds. The number of amides is 1. The average Bonchev–Trinajstić information content (AvgIpc) is 3.20. The number of hydrogen-bond donors (Lipinski definition) is 2. The number of alkyl halides is 2. The van der Waals surface area contributed by atoms with Crippen molar-refractivity contribution >= 4 is 5.91 Å². The molecule has 20 heavy (non-hydrogen) atoms. The van der Waals surface area contributed by atoms with Crippen molar-refractivity contribution in [3.8, 4) is 0 Å². The predicted molar refractivity (Wildman–Crippen MR) is 69.5 cm³/mol. The quantitative estimate of drug-likeness (QED) is 0.882. The summed E-state index contributed by atoms with van der Waals surface area (Å²) in [7, 11) is 0. The van der Waals surface area contributed by atoms with Gasteiger partial charge in [0.2, 0.25) is 5.91 Å². The summed E-state index contributed by atoms with van der Waals surface area (Å²) >= 11 is 0. The standard InChI is InChI=1S/C15H17F2NO2/c16-15(17,8-19)7-18-14(20)13-11-6-5-9-3-1-2-4-10(9)12(11)13/h1-4,11-13,19H,5-8H2,(H,18,20). The number of carbonyl (C=O) groups is 1. The van der Waals surface area contributed by atoms with Crippen LogP contribution in [0, 0.1) is 11.8 Å². The zero-order chi connectivity index (χ0) is 14.3. The molecule has 5 heteroatoms. The lowest BCUT2D eigenvalue weighted by Crippen LogP contribution is -2.39. The molecule has 0 aliphatic heterocycles. The van der Waals surface area contributed by atoms with E-state index in [-0.39, 0.29) is 23.7 Å². The maximum absolute atomic E-state index is 12.9. The van der Waals surface area contributed by atoms with Crippen LogP contribution in [0.5, 0.6) is 0 Å². The summed E-state index contributed by atoms with van der Waals surface area (Å²) in [6.45, 7) is -2.03. The number of aliphatic hydroxyl groups is 1. The number of hydrogen-bond acceptors (Lipinski definition) is 2. The molecule has 2 aliphatic carbocycles. The van der Waals surface area contributed by atoms with Gasteiger partial charge in [0.15, 0.2) is 0 Å². The van der Waals surface area contributed by atoms with Crippen LogP contribution in [0.25, 0.3) is 0 Å². The molecule has 3 unspecified atom stereocenters. The smallest absolute Gasteiger partial charge is 0.287 e. The molecule has 1 fully saturated rings. The lowest BCUT2D eigenvalue weighted by molar-refractivity contribution is -0.125. The molecule has 0 saturated heterocycles. The Labute approximate surface area is 116 Å². The summed E-state index contributed by atoms with van der Waals surface area (Å²) < 4.78 is 25.9. The lowest BCUT2D eigenvalue weighted by atomic mass is 9.92. The van der Waals surface area contributed by atoms with E-state index >= 15 is 0 Å². The highest BCUT2D eigenvalue weighted by molar-refractivity contribution is 5.84. The highest BCUT2D eigenvalue weighted by atomic mass is 19.3. The van der Waals surface area contributed by atoms with E-state index in [1.54, 1.807) is 0 Å². The maximum atomic E-state index is 12.9. The molecule has 2 aliphatic rings. The molecular formula is C15H17F2NO2. The number of nitrogens with one attached hydrogen (secondary N) is 1. The van der Waals surface area contributed by atoms with E-state index in [1.165, 1.54) is 11.1 Å². The van der Waals surface area contributed by atoms with E-state index in [2.05, 4.69) is 11.4 Å². The van der Waals surface area contributed by atoms with Crippen molar-refractivity contribution in [3.63, 3.8) is 0 Å². The summed E-state index contributed by atoms with van der Waals surface area (Å²) in [4.78, 5) is 12.0. The molecule has 1 aromatic rings. The monoisotopic (exact) mass is 281 g/mol. The van der Waals surface area contributed by atoms with Crippen molar-refractivity contribution in [3.05, 3.63) is 35.4 Å². The molecule has 3 atom stereocenters. The summed E-state index contributed by atoms with van der Waals surface area (Å²) in [6.07, 6.45) is 1.89. The Morgan fingerprint density at radius 3 is 2.90 bits per heavy atom. The van der Waals surface area contributed by atoms with Crippen LogP contribution in [0.2, 0.25) is 0 Å². The van der Waals surface area contributed by atoms with Crippen LogP contribution < -0.4 is 5.32 Å². The maximum Gasteiger partial charge on any atom is 0.287 e. The average molecular weight is 281 g/mol. The number of rotatable bonds is 4. The third kappa shape index (κ3) is 2.30. The van der Waals surface area contributed by atoms with Crippen LogP contribution in [0.3, 0.4) is 0 Å². The summed E-state index contributed by atoms with van der Waals surface area (Å²) in [5.41, 5.74) is 2.46. The number of carbonyl (C=O) groups excluding carboxylic acids is 1. The highest BCUT2D eigenvalue weighted by Crippen LogP contribution is 2.59. The molecule has 2 N–H and O–H groups in total. The van der Waals surface area contributed by atoms with Crippen molar-refractivity contribution in [1.82, 2.24) is 5.32 Å². The van der Waals surface area contributed by atoms with Gasteiger partial charge in [-0.25, -0.2) is 8.78 Å². The fraction of sp³-hybridized carbons (Fsp3) is 0.533. The van der Waals surface area contributed by atoms with Gasteiger partial charge in [-0.05, 0) is 35.8 Å². The normalized spacial score (nSPS) is 27.4. The molecule has 3 nitrogen and oxygen atoms in total. The van der Waals surface area contributed by atoms with Crippen LogP contribution >= 0.6 is 0 Å². The van der Waals surface area contributed by atoms with Gasteiger partial charge in [-0.15, -0.1) is 0 Å². The topological polar surface area (TPSA) is 49.3 Å². The molecule has 0 spiro atoms. The third-order valence-electron chi connectivity index (χ3n) is 4.39. The van der Waals surface area contributed by atoms with Crippen LogP contribution in [-0.2, 0) is 11.2 Å². The summed E-state index contributed by atoms with van der Waals surface area (Å²) in [6, 6.07) is 8.04. The number of aryl methyl sites for hydroxylation is 1. The minimum absolute atomic E-state index is 0.183. The van der Waals surface area contributed by atoms with E-state index in [0.29, 0.717) is 0 Å². The predicted octanol–water partition coefficient (Wildman–Crippen LogP) is 1.71. The van der Waals surface area contributed by atoms with Crippen LogP contribution in [0.15, 0.2) is 24.3 Å². The second-order valence-corrected chi connectivity index (χ2v) is 5.68. The van der Waals surface area contributed by atoms with Gasteiger partial charge in [0.05, 0.1) is 6.54 Å². The van der Waals surface area contributed by atoms with Gasteiger partial charge in [0, 0.05) is 5.92 Å². The first kappa shape index (κ1) is 13.5. The fourth-order valence-electron chi connectivity index (χ4n) is 3.31. The Bertz CT molecular complexity index is 532. The number of benzene rings is 1. The van der Waals surface area contributed by atoms with Crippen LogP contribution in [0.4, 0.5) is 8.78 Å². The molecule has 1 saturated carbocycles. The van der Waals surface area contributed by atoms with Gasteiger partial charge < -0.3 is 10.4 Å². The Kier molecular flexibility index (Phi) is 3.24. The number of aliphatic hydroxyl groups excluding tert-OH is 1. The second-order valence-electron chi connectivity index (χ2n) is 5.68. The Hall–Kier alpha value is -1.49. The lowest BCUT2D eigenvalue weighted by Gasteiger charge is -2.14. The Balaban J connectivity index is 1.66. The molecule has 108 valence electrons. The highest BCUT2D eigenvalue weighted by Gasteiger charge is 2.57. The zero-order valence-corrected chi connectivity index (χ0v) is 11.0. The summed E-state index contributed by atoms with van der Waals surface area (Å²) in [5, 5.41) is 10.8. The fourth-order valence-corrected chi connectivity index (χ4v) is 3.31. The van der Waals surface area contributed by atoms with Gasteiger partial charge in [-0.2, -0.15) is 0 Å². The van der Waals surface area contributed by atoms with Crippen molar-refractivity contribution in [2.24, 2.45) is 11.8 Å². The second kappa shape index (κ2) is 4.81. The molecule has 1 aromatic carbocycles. The van der Waals surface area contributed by atoms with Crippen LogP contribution in [-0.4, -0.2) is 30.1 Å². The van der Waals surface area contributed by atoms with Gasteiger partial charge in [0.25, 0.3) is 5.92 Å². The van der Waals surface area contributed by atoms with Gasteiger partial charge in [-0.3, -0.25) is 4.79 Å². The first-order valence-electron chi connectivity index (χ1n) is 6.88. The van der Waals surface area contributed by atoms with Crippen LogP contribution in [0.1, 0.15) is 23.5 Å².